The number of nitrogens with one attached hydrogen (secondary N) is 2. The molecule has 1 fully saturated rings. The number of imide groups is 1. The SMILES string of the molecule is COc1ccccc1NC(=O)CN1C(=O)N/C(=C/c2cc(OC)c3c(c2)OCO3)C1=O. The summed E-state index contributed by atoms with van der Waals surface area (Å²) < 4.78 is 21.2. The van der Waals surface area contributed by atoms with Crippen molar-refractivity contribution in [1.29, 1.82) is 0 Å². The summed E-state index contributed by atoms with van der Waals surface area (Å²) in [5.74, 6) is 0.671. The maximum Gasteiger partial charge on any atom is 0.329 e. The van der Waals surface area contributed by atoms with Gasteiger partial charge < -0.3 is 29.6 Å². The number of para-hydroxylation sites is 2. The molecule has 0 spiro atoms. The number of hydrogen-bond donors (Lipinski definition) is 2. The molecule has 2 aromatic rings. The summed E-state index contributed by atoms with van der Waals surface area (Å²) in [6.07, 6.45) is 1.48. The van der Waals surface area contributed by atoms with E-state index in [1.807, 2.05) is 0 Å². The third-order valence-corrected chi connectivity index (χ3v) is 4.64. The lowest BCUT2D eigenvalue weighted by Gasteiger charge is -2.13. The van der Waals surface area contributed by atoms with E-state index in [0.29, 0.717) is 34.2 Å². The van der Waals surface area contributed by atoms with Gasteiger partial charge in [0.05, 0.1) is 19.9 Å². The van der Waals surface area contributed by atoms with Crippen LogP contribution in [-0.2, 0) is 9.59 Å². The second-order valence-corrected chi connectivity index (χ2v) is 6.58. The van der Waals surface area contributed by atoms with E-state index in [2.05, 4.69) is 10.6 Å². The van der Waals surface area contributed by atoms with Gasteiger partial charge in [-0.15, -0.1) is 0 Å². The summed E-state index contributed by atoms with van der Waals surface area (Å²) in [4.78, 5) is 38.2. The summed E-state index contributed by atoms with van der Waals surface area (Å²) >= 11 is 0. The molecule has 4 amide bonds. The highest BCUT2D eigenvalue weighted by Crippen LogP contribution is 2.42. The molecule has 0 aromatic heterocycles. The van der Waals surface area contributed by atoms with E-state index in [9.17, 15) is 14.4 Å². The maximum absolute atomic E-state index is 12.7. The van der Waals surface area contributed by atoms with Crippen LogP contribution in [0, 0.1) is 0 Å². The molecule has 2 aliphatic rings. The van der Waals surface area contributed by atoms with Gasteiger partial charge in [0, 0.05) is 0 Å². The number of carbonyl (C=O) groups excluding carboxylic acids is 3. The zero-order valence-corrected chi connectivity index (χ0v) is 16.8. The Labute approximate surface area is 177 Å². The van der Waals surface area contributed by atoms with Crippen LogP contribution >= 0.6 is 0 Å². The Hall–Kier alpha value is -4.21. The predicted molar refractivity (Wildman–Crippen MR) is 109 cm³/mol. The highest BCUT2D eigenvalue weighted by Gasteiger charge is 2.35. The monoisotopic (exact) mass is 425 g/mol. The van der Waals surface area contributed by atoms with Crippen molar-refractivity contribution in [1.82, 2.24) is 10.2 Å². The summed E-state index contributed by atoms with van der Waals surface area (Å²) in [6.45, 7) is -0.388. The van der Waals surface area contributed by atoms with Gasteiger partial charge in [-0.1, -0.05) is 12.1 Å². The molecule has 31 heavy (non-hydrogen) atoms. The molecular weight excluding hydrogens is 406 g/mol. The van der Waals surface area contributed by atoms with Crippen LogP contribution < -0.4 is 29.6 Å². The fourth-order valence-electron chi connectivity index (χ4n) is 3.20. The third kappa shape index (κ3) is 3.95. The molecule has 2 aromatic carbocycles. The molecule has 0 radical (unpaired) electrons. The topological polar surface area (TPSA) is 115 Å². The maximum atomic E-state index is 12.7. The Morgan fingerprint density at radius 2 is 1.94 bits per heavy atom. The van der Waals surface area contributed by atoms with Gasteiger partial charge >= 0.3 is 6.03 Å². The van der Waals surface area contributed by atoms with Crippen LogP contribution in [0.2, 0.25) is 0 Å². The van der Waals surface area contributed by atoms with Crippen molar-refractivity contribution in [2.75, 3.05) is 32.9 Å². The largest absolute Gasteiger partial charge is 0.495 e. The average Bonchev–Trinajstić information content (AvgIpc) is 3.34. The predicted octanol–water partition coefficient (Wildman–Crippen LogP) is 1.96. The fourth-order valence-corrected chi connectivity index (χ4v) is 3.20. The molecule has 2 N–H and O–H groups in total. The first-order valence-corrected chi connectivity index (χ1v) is 9.25. The standard InChI is InChI=1S/C21H19N3O7/c1-28-15-6-4-3-5-13(15)22-18(25)10-24-20(26)14(23-21(24)27)7-12-8-16(29-2)19-17(9-12)30-11-31-19/h3-9H,10-11H2,1-2H3,(H,22,25)(H,23,27)/b14-7+. The van der Waals surface area contributed by atoms with Gasteiger partial charge in [-0.05, 0) is 35.9 Å². The molecule has 4 rings (SSSR count). The minimum atomic E-state index is -0.695. The van der Waals surface area contributed by atoms with Gasteiger partial charge in [-0.3, -0.25) is 9.59 Å². The van der Waals surface area contributed by atoms with Crippen molar-refractivity contribution in [3.63, 3.8) is 0 Å². The van der Waals surface area contributed by atoms with Crippen molar-refractivity contribution in [3.8, 4) is 23.0 Å². The number of anilines is 1. The molecule has 0 saturated carbocycles. The number of amides is 4. The minimum absolute atomic E-state index is 0.0241. The Balaban J connectivity index is 1.50. The third-order valence-electron chi connectivity index (χ3n) is 4.64. The van der Waals surface area contributed by atoms with Crippen molar-refractivity contribution in [3.05, 3.63) is 47.7 Å². The van der Waals surface area contributed by atoms with Gasteiger partial charge in [0.25, 0.3) is 5.91 Å². The number of ether oxygens (including phenoxy) is 4. The number of benzene rings is 2. The highest BCUT2D eigenvalue weighted by atomic mass is 16.7. The second kappa shape index (κ2) is 8.27. The van der Waals surface area contributed by atoms with E-state index >= 15 is 0 Å². The normalized spacial score (nSPS) is 15.8. The van der Waals surface area contributed by atoms with Gasteiger partial charge in [0.15, 0.2) is 11.5 Å². The lowest BCUT2D eigenvalue weighted by atomic mass is 10.1. The first kappa shape index (κ1) is 20.1. The van der Waals surface area contributed by atoms with Crippen molar-refractivity contribution < 1.29 is 33.3 Å². The number of carbonyl (C=O) groups is 3. The van der Waals surface area contributed by atoms with Gasteiger partial charge in [0.2, 0.25) is 18.4 Å². The summed E-state index contributed by atoms with van der Waals surface area (Å²) in [6, 6.07) is 9.44. The van der Waals surface area contributed by atoms with E-state index in [4.69, 9.17) is 18.9 Å². The van der Waals surface area contributed by atoms with Gasteiger partial charge in [-0.25, -0.2) is 9.69 Å². The lowest BCUT2D eigenvalue weighted by molar-refractivity contribution is -0.127. The second-order valence-electron chi connectivity index (χ2n) is 6.58. The van der Waals surface area contributed by atoms with Crippen LogP contribution in [0.4, 0.5) is 10.5 Å². The van der Waals surface area contributed by atoms with Crippen LogP contribution in [0.25, 0.3) is 6.08 Å². The number of methoxy groups -OCH3 is 2. The highest BCUT2D eigenvalue weighted by molar-refractivity contribution is 6.16. The van der Waals surface area contributed by atoms with Crippen molar-refractivity contribution >= 4 is 29.6 Å². The Kier molecular flexibility index (Phi) is 5.35. The van der Waals surface area contributed by atoms with Crippen LogP contribution in [-0.4, -0.2) is 50.3 Å². The van der Waals surface area contributed by atoms with E-state index in [0.717, 1.165) is 4.90 Å². The average molecular weight is 425 g/mol. The first-order valence-electron chi connectivity index (χ1n) is 9.25. The van der Waals surface area contributed by atoms with Crippen LogP contribution in [0.5, 0.6) is 23.0 Å². The summed E-state index contributed by atoms with van der Waals surface area (Å²) in [7, 11) is 2.96. The lowest BCUT2D eigenvalue weighted by Crippen LogP contribution is -2.38. The number of fused-ring (bicyclic) bond motifs is 1. The number of hydrogen-bond acceptors (Lipinski definition) is 7. The van der Waals surface area contributed by atoms with E-state index in [-0.39, 0.29) is 12.5 Å². The molecule has 2 aliphatic heterocycles. The molecule has 0 bridgehead atoms. The number of urea groups is 1. The van der Waals surface area contributed by atoms with E-state index in [1.54, 1.807) is 36.4 Å². The Morgan fingerprint density at radius 3 is 2.71 bits per heavy atom. The molecule has 2 heterocycles. The van der Waals surface area contributed by atoms with Crippen LogP contribution in [0.15, 0.2) is 42.1 Å². The molecule has 1 saturated heterocycles. The summed E-state index contributed by atoms with van der Waals surface area (Å²) in [5.41, 5.74) is 1.02. The molecular formula is C21H19N3O7. The summed E-state index contributed by atoms with van der Waals surface area (Å²) in [5, 5.41) is 5.11. The number of rotatable bonds is 6. The first-order chi connectivity index (χ1) is 15.0. The number of nitrogens with zero attached hydrogens (tertiary/aromatic N) is 1. The molecule has 0 unspecified atom stereocenters. The van der Waals surface area contributed by atoms with E-state index in [1.165, 1.54) is 20.3 Å². The Bertz CT molecular complexity index is 1100. The molecule has 10 nitrogen and oxygen atoms in total. The van der Waals surface area contributed by atoms with Crippen molar-refractivity contribution in [2.45, 2.75) is 0 Å². The molecule has 0 aliphatic carbocycles. The van der Waals surface area contributed by atoms with Crippen LogP contribution in [0.1, 0.15) is 5.56 Å². The van der Waals surface area contributed by atoms with Crippen molar-refractivity contribution in [2.24, 2.45) is 0 Å². The molecule has 160 valence electrons. The van der Waals surface area contributed by atoms with Gasteiger partial charge in [0.1, 0.15) is 18.0 Å². The molecule has 10 heteroatoms. The van der Waals surface area contributed by atoms with Gasteiger partial charge in [-0.2, -0.15) is 0 Å². The molecule has 0 atom stereocenters. The van der Waals surface area contributed by atoms with Crippen LogP contribution in [0.3, 0.4) is 0 Å². The Morgan fingerprint density at radius 1 is 1.16 bits per heavy atom. The zero-order valence-electron chi connectivity index (χ0n) is 16.8. The van der Waals surface area contributed by atoms with E-state index < -0.39 is 24.4 Å². The zero-order chi connectivity index (χ0) is 22.0. The smallest absolute Gasteiger partial charge is 0.329 e. The minimum Gasteiger partial charge on any atom is -0.495 e. The quantitative estimate of drug-likeness (QED) is 0.537. The fraction of sp³-hybridized carbons (Fsp3) is 0.190.